The number of hydrogen-bond donors (Lipinski definition) is 2. The van der Waals surface area contributed by atoms with Crippen LogP contribution in [0.1, 0.15) is 18.4 Å². The number of carbonyl (C=O) groups excluding carboxylic acids is 1. The molecule has 17 heavy (non-hydrogen) atoms. The average Bonchev–Trinajstić information content (AvgIpc) is 2.35. The Hall–Kier alpha value is -1.06. The van der Waals surface area contributed by atoms with Crippen molar-refractivity contribution in [2.45, 2.75) is 19.8 Å². The minimum absolute atomic E-state index is 0.0714. The molecule has 1 aromatic rings. The molecule has 0 aromatic heterocycles. The van der Waals surface area contributed by atoms with E-state index in [9.17, 15) is 4.79 Å². The Bertz CT molecular complexity index is 414. The van der Waals surface area contributed by atoms with Crippen LogP contribution >= 0.6 is 11.6 Å². The highest BCUT2D eigenvalue weighted by molar-refractivity contribution is 6.31. The zero-order valence-electron chi connectivity index (χ0n) is 9.92. The second-order valence-corrected chi connectivity index (χ2v) is 4.93. The number of anilines is 1. The molecule has 0 aliphatic carbocycles. The predicted octanol–water partition coefficient (Wildman–Crippen LogP) is 2.59. The molecule has 0 radical (unpaired) electrons. The molecular formula is C13H17ClN2O. The van der Waals surface area contributed by atoms with Gasteiger partial charge >= 0.3 is 0 Å². The van der Waals surface area contributed by atoms with E-state index in [2.05, 4.69) is 10.6 Å². The van der Waals surface area contributed by atoms with E-state index in [0.717, 1.165) is 37.2 Å². The van der Waals surface area contributed by atoms with Gasteiger partial charge < -0.3 is 10.6 Å². The van der Waals surface area contributed by atoms with Crippen molar-refractivity contribution in [3.05, 3.63) is 28.8 Å². The number of piperidine rings is 1. The molecule has 1 fully saturated rings. The molecule has 0 unspecified atom stereocenters. The van der Waals surface area contributed by atoms with Crippen LogP contribution in [0.25, 0.3) is 0 Å². The highest BCUT2D eigenvalue weighted by atomic mass is 35.5. The predicted molar refractivity (Wildman–Crippen MR) is 70.4 cm³/mol. The molecule has 0 spiro atoms. The van der Waals surface area contributed by atoms with Gasteiger partial charge in [0, 0.05) is 17.3 Å². The third kappa shape index (κ3) is 3.20. The largest absolute Gasteiger partial charge is 0.326 e. The van der Waals surface area contributed by atoms with Gasteiger partial charge in [-0.25, -0.2) is 0 Å². The van der Waals surface area contributed by atoms with Crippen LogP contribution in [0.2, 0.25) is 5.02 Å². The second kappa shape index (κ2) is 5.52. The molecule has 1 aliphatic heterocycles. The first-order chi connectivity index (χ1) is 8.16. The van der Waals surface area contributed by atoms with Crippen LogP contribution in [0.15, 0.2) is 18.2 Å². The van der Waals surface area contributed by atoms with E-state index in [4.69, 9.17) is 11.6 Å². The number of halogens is 1. The molecule has 1 saturated heterocycles. The summed E-state index contributed by atoms with van der Waals surface area (Å²) in [5.41, 5.74) is 1.85. The molecular weight excluding hydrogens is 236 g/mol. The van der Waals surface area contributed by atoms with E-state index in [-0.39, 0.29) is 11.8 Å². The van der Waals surface area contributed by atoms with E-state index >= 15 is 0 Å². The summed E-state index contributed by atoms with van der Waals surface area (Å²) in [5.74, 6) is 0.157. The van der Waals surface area contributed by atoms with Crippen LogP contribution in [-0.4, -0.2) is 19.0 Å². The SMILES string of the molecule is Cc1ccc(Cl)cc1NC(=O)[C@H]1CCCNC1. The first kappa shape index (κ1) is 12.4. The Morgan fingerprint density at radius 2 is 2.35 bits per heavy atom. The fourth-order valence-electron chi connectivity index (χ4n) is 2.04. The van der Waals surface area contributed by atoms with Crippen molar-refractivity contribution in [3.63, 3.8) is 0 Å². The average molecular weight is 253 g/mol. The topological polar surface area (TPSA) is 41.1 Å². The summed E-state index contributed by atoms with van der Waals surface area (Å²) in [4.78, 5) is 12.0. The summed E-state index contributed by atoms with van der Waals surface area (Å²) in [6.07, 6.45) is 2.02. The molecule has 1 amide bonds. The van der Waals surface area contributed by atoms with Crippen molar-refractivity contribution in [1.82, 2.24) is 5.32 Å². The molecule has 2 rings (SSSR count). The van der Waals surface area contributed by atoms with Crippen LogP contribution in [0.5, 0.6) is 0 Å². The first-order valence-corrected chi connectivity index (χ1v) is 6.32. The minimum Gasteiger partial charge on any atom is -0.326 e. The zero-order valence-corrected chi connectivity index (χ0v) is 10.7. The van der Waals surface area contributed by atoms with Gasteiger partial charge in [0.1, 0.15) is 0 Å². The Morgan fingerprint density at radius 3 is 3.06 bits per heavy atom. The van der Waals surface area contributed by atoms with Crippen LogP contribution in [0.4, 0.5) is 5.69 Å². The van der Waals surface area contributed by atoms with Crippen molar-refractivity contribution in [2.24, 2.45) is 5.92 Å². The Morgan fingerprint density at radius 1 is 1.53 bits per heavy atom. The van der Waals surface area contributed by atoms with E-state index in [1.165, 1.54) is 0 Å². The maximum Gasteiger partial charge on any atom is 0.228 e. The third-order valence-corrected chi connectivity index (χ3v) is 3.36. The Balaban J connectivity index is 2.04. The summed E-state index contributed by atoms with van der Waals surface area (Å²) < 4.78 is 0. The van der Waals surface area contributed by atoms with Crippen molar-refractivity contribution in [3.8, 4) is 0 Å². The molecule has 1 heterocycles. The van der Waals surface area contributed by atoms with Crippen molar-refractivity contribution in [2.75, 3.05) is 18.4 Å². The number of hydrogen-bond acceptors (Lipinski definition) is 2. The van der Waals surface area contributed by atoms with Gasteiger partial charge in [0.05, 0.1) is 5.92 Å². The molecule has 2 N–H and O–H groups in total. The van der Waals surface area contributed by atoms with Crippen molar-refractivity contribution < 1.29 is 4.79 Å². The normalized spacial score (nSPS) is 20.0. The minimum atomic E-state index is 0.0714. The van der Waals surface area contributed by atoms with E-state index < -0.39 is 0 Å². The van der Waals surface area contributed by atoms with Gasteiger partial charge in [0.15, 0.2) is 0 Å². The molecule has 4 heteroatoms. The third-order valence-electron chi connectivity index (χ3n) is 3.13. The Kier molecular flexibility index (Phi) is 4.02. The highest BCUT2D eigenvalue weighted by Gasteiger charge is 2.21. The van der Waals surface area contributed by atoms with E-state index in [1.807, 2.05) is 19.1 Å². The quantitative estimate of drug-likeness (QED) is 0.850. The summed E-state index contributed by atoms with van der Waals surface area (Å²) in [6.45, 7) is 3.75. The summed E-state index contributed by atoms with van der Waals surface area (Å²) >= 11 is 5.92. The van der Waals surface area contributed by atoms with Gasteiger partial charge in [0.25, 0.3) is 0 Å². The number of carbonyl (C=O) groups is 1. The highest BCUT2D eigenvalue weighted by Crippen LogP contribution is 2.21. The number of aryl methyl sites for hydroxylation is 1. The van der Waals surface area contributed by atoms with Gasteiger partial charge in [-0.05, 0) is 44.0 Å². The van der Waals surface area contributed by atoms with Gasteiger partial charge in [0.2, 0.25) is 5.91 Å². The lowest BCUT2D eigenvalue weighted by atomic mass is 9.98. The van der Waals surface area contributed by atoms with Gasteiger partial charge in [-0.2, -0.15) is 0 Å². The zero-order chi connectivity index (χ0) is 12.3. The lowest BCUT2D eigenvalue weighted by Gasteiger charge is -2.22. The summed E-state index contributed by atoms with van der Waals surface area (Å²) in [7, 11) is 0. The number of rotatable bonds is 2. The fourth-order valence-corrected chi connectivity index (χ4v) is 2.21. The molecule has 1 atom stereocenters. The summed E-state index contributed by atoms with van der Waals surface area (Å²) in [5, 5.41) is 6.84. The standard InChI is InChI=1S/C13H17ClN2O/c1-9-4-5-11(14)7-12(9)16-13(17)10-3-2-6-15-8-10/h4-5,7,10,15H,2-3,6,8H2,1H3,(H,16,17)/t10-/m0/s1. The van der Waals surface area contributed by atoms with Gasteiger partial charge in [-0.1, -0.05) is 17.7 Å². The maximum atomic E-state index is 12.0. The fraction of sp³-hybridized carbons (Fsp3) is 0.462. The van der Waals surface area contributed by atoms with E-state index in [1.54, 1.807) is 6.07 Å². The number of benzene rings is 1. The monoisotopic (exact) mass is 252 g/mol. The van der Waals surface area contributed by atoms with Gasteiger partial charge in [-0.3, -0.25) is 4.79 Å². The molecule has 92 valence electrons. The van der Waals surface area contributed by atoms with Crippen LogP contribution in [0, 0.1) is 12.8 Å². The lowest BCUT2D eigenvalue weighted by Crippen LogP contribution is -2.37. The van der Waals surface area contributed by atoms with Crippen LogP contribution < -0.4 is 10.6 Å². The van der Waals surface area contributed by atoms with Crippen LogP contribution in [0.3, 0.4) is 0 Å². The Labute approximate surface area is 107 Å². The second-order valence-electron chi connectivity index (χ2n) is 4.49. The van der Waals surface area contributed by atoms with E-state index in [0.29, 0.717) is 5.02 Å². The number of nitrogens with one attached hydrogen (secondary N) is 2. The smallest absolute Gasteiger partial charge is 0.228 e. The lowest BCUT2D eigenvalue weighted by molar-refractivity contribution is -0.120. The number of amides is 1. The van der Waals surface area contributed by atoms with Gasteiger partial charge in [-0.15, -0.1) is 0 Å². The molecule has 1 aromatic carbocycles. The van der Waals surface area contributed by atoms with Crippen LogP contribution in [-0.2, 0) is 4.79 Å². The molecule has 0 bridgehead atoms. The molecule has 3 nitrogen and oxygen atoms in total. The van der Waals surface area contributed by atoms with Crippen molar-refractivity contribution >= 4 is 23.2 Å². The first-order valence-electron chi connectivity index (χ1n) is 5.94. The molecule has 0 saturated carbocycles. The summed E-state index contributed by atoms with van der Waals surface area (Å²) in [6, 6.07) is 5.54. The van der Waals surface area contributed by atoms with Crippen molar-refractivity contribution in [1.29, 1.82) is 0 Å². The maximum absolute atomic E-state index is 12.0. The molecule has 1 aliphatic rings.